The number of esters is 1. The highest BCUT2D eigenvalue weighted by Crippen LogP contribution is 2.21. The normalized spacial score (nSPS) is 11.7. The van der Waals surface area contributed by atoms with Crippen molar-refractivity contribution < 1.29 is 18.7 Å². The number of ether oxygens (including phenoxy) is 1. The fourth-order valence-electron chi connectivity index (χ4n) is 1.87. The molecule has 4 nitrogen and oxygen atoms in total. The number of hydrogen-bond donors (Lipinski definition) is 1. The van der Waals surface area contributed by atoms with Gasteiger partial charge in [0, 0.05) is 11.6 Å². The zero-order valence-electron chi connectivity index (χ0n) is 12.7. The third-order valence-electron chi connectivity index (χ3n) is 3.18. The number of halogens is 3. The third kappa shape index (κ3) is 4.94. The molecule has 0 saturated heterocycles. The summed E-state index contributed by atoms with van der Waals surface area (Å²) in [5.74, 6) is -1.58. The van der Waals surface area contributed by atoms with Crippen LogP contribution in [0.1, 0.15) is 22.8 Å². The average molecular weight is 370 g/mol. The average Bonchev–Trinajstić information content (AvgIpc) is 2.56. The van der Waals surface area contributed by atoms with Crippen LogP contribution < -0.4 is 5.32 Å². The van der Waals surface area contributed by atoms with Crippen LogP contribution in [0.25, 0.3) is 0 Å². The minimum absolute atomic E-state index is 0.0855. The lowest BCUT2D eigenvalue weighted by molar-refractivity contribution is -0.129. The zero-order chi connectivity index (χ0) is 17.7. The Bertz CT molecular complexity index is 750. The Morgan fingerprint density at radius 3 is 2.50 bits per heavy atom. The number of nitrogens with one attached hydrogen (secondary N) is 1. The monoisotopic (exact) mass is 369 g/mol. The highest BCUT2D eigenvalue weighted by atomic mass is 35.5. The molecule has 0 aliphatic carbocycles. The van der Waals surface area contributed by atoms with Gasteiger partial charge in [-0.25, -0.2) is 9.18 Å². The van der Waals surface area contributed by atoms with Crippen molar-refractivity contribution in [1.82, 2.24) is 5.32 Å². The molecule has 0 bridgehead atoms. The van der Waals surface area contributed by atoms with E-state index >= 15 is 0 Å². The fraction of sp³-hybridized carbons (Fsp3) is 0.176. The topological polar surface area (TPSA) is 55.4 Å². The van der Waals surface area contributed by atoms with Crippen LogP contribution in [-0.2, 0) is 16.1 Å². The number of benzene rings is 2. The number of amides is 1. The third-order valence-corrected chi connectivity index (χ3v) is 3.75. The number of carbonyl (C=O) groups is 2. The van der Waals surface area contributed by atoms with E-state index in [9.17, 15) is 14.0 Å². The molecule has 126 valence electrons. The molecule has 0 aromatic heterocycles. The van der Waals surface area contributed by atoms with Crippen LogP contribution in [0.4, 0.5) is 4.39 Å². The smallest absolute Gasteiger partial charge is 0.340 e. The van der Waals surface area contributed by atoms with Crippen molar-refractivity contribution in [3.8, 4) is 0 Å². The molecular weight excluding hydrogens is 356 g/mol. The molecule has 0 aliphatic rings. The van der Waals surface area contributed by atoms with Gasteiger partial charge >= 0.3 is 5.97 Å². The maximum Gasteiger partial charge on any atom is 0.340 e. The van der Waals surface area contributed by atoms with E-state index in [1.54, 1.807) is 18.2 Å². The second-order valence-electron chi connectivity index (χ2n) is 5.02. The molecule has 0 aliphatic heterocycles. The Hall–Kier alpha value is -2.11. The van der Waals surface area contributed by atoms with Crippen LogP contribution in [-0.4, -0.2) is 18.0 Å². The number of hydrogen-bond acceptors (Lipinski definition) is 3. The van der Waals surface area contributed by atoms with Gasteiger partial charge in [0.15, 0.2) is 6.10 Å². The first-order chi connectivity index (χ1) is 11.4. The standard InChI is InChI=1S/C17H14Cl2FNO3/c1-10(16(22)21-9-11-2-5-13(20)6-3-11)24-17(23)14-8-12(18)4-7-15(14)19/h2-8,10H,9H2,1H3,(H,21,22). The maximum absolute atomic E-state index is 12.8. The Kier molecular flexibility index (Phi) is 6.17. The molecule has 0 radical (unpaired) electrons. The van der Waals surface area contributed by atoms with E-state index in [1.807, 2.05) is 0 Å². The summed E-state index contributed by atoms with van der Waals surface area (Å²) in [6, 6.07) is 10.1. The molecule has 2 rings (SSSR count). The van der Waals surface area contributed by atoms with Gasteiger partial charge in [-0.2, -0.15) is 0 Å². The molecule has 1 unspecified atom stereocenters. The summed E-state index contributed by atoms with van der Waals surface area (Å²) in [5.41, 5.74) is 0.809. The Balaban J connectivity index is 1.92. The first-order valence-corrected chi connectivity index (χ1v) is 7.80. The predicted molar refractivity (Wildman–Crippen MR) is 89.6 cm³/mol. The van der Waals surface area contributed by atoms with Crippen molar-refractivity contribution in [1.29, 1.82) is 0 Å². The van der Waals surface area contributed by atoms with E-state index in [1.165, 1.54) is 31.2 Å². The lowest BCUT2D eigenvalue weighted by Crippen LogP contribution is -2.35. The van der Waals surface area contributed by atoms with Crippen LogP contribution in [0.5, 0.6) is 0 Å². The van der Waals surface area contributed by atoms with Crippen LogP contribution in [0.2, 0.25) is 10.0 Å². The quantitative estimate of drug-likeness (QED) is 0.810. The summed E-state index contributed by atoms with van der Waals surface area (Å²) in [5, 5.41) is 3.12. The maximum atomic E-state index is 12.8. The van der Waals surface area contributed by atoms with Crippen molar-refractivity contribution in [2.24, 2.45) is 0 Å². The number of carbonyl (C=O) groups excluding carboxylic acids is 2. The van der Waals surface area contributed by atoms with E-state index in [0.717, 1.165) is 5.56 Å². The summed E-state index contributed by atoms with van der Waals surface area (Å²) < 4.78 is 17.9. The van der Waals surface area contributed by atoms with Gasteiger partial charge in [-0.3, -0.25) is 4.79 Å². The predicted octanol–water partition coefficient (Wildman–Crippen LogP) is 3.99. The highest BCUT2D eigenvalue weighted by Gasteiger charge is 2.20. The van der Waals surface area contributed by atoms with Crippen molar-refractivity contribution in [2.45, 2.75) is 19.6 Å². The Labute approximate surface area is 148 Å². The minimum Gasteiger partial charge on any atom is -0.449 e. The van der Waals surface area contributed by atoms with Crippen molar-refractivity contribution in [2.75, 3.05) is 0 Å². The molecule has 0 fully saturated rings. The number of rotatable bonds is 5. The highest BCUT2D eigenvalue weighted by molar-refractivity contribution is 6.35. The van der Waals surface area contributed by atoms with Gasteiger partial charge < -0.3 is 10.1 Å². The molecule has 0 heterocycles. The van der Waals surface area contributed by atoms with Crippen LogP contribution in [0, 0.1) is 5.82 Å². The molecule has 1 N–H and O–H groups in total. The van der Waals surface area contributed by atoms with E-state index in [-0.39, 0.29) is 22.9 Å². The first-order valence-electron chi connectivity index (χ1n) is 7.05. The Morgan fingerprint density at radius 2 is 1.83 bits per heavy atom. The Morgan fingerprint density at radius 1 is 1.17 bits per heavy atom. The molecule has 7 heteroatoms. The molecular formula is C17H14Cl2FNO3. The minimum atomic E-state index is -1.02. The van der Waals surface area contributed by atoms with E-state index < -0.39 is 18.0 Å². The van der Waals surface area contributed by atoms with Gasteiger partial charge in [-0.05, 0) is 42.8 Å². The van der Waals surface area contributed by atoms with E-state index in [2.05, 4.69) is 5.32 Å². The second-order valence-corrected chi connectivity index (χ2v) is 5.86. The molecule has 24 heavy (non-hydrogen) atoms. The van der Waals surface area contributed by atoms with Gasteiger partial charge in [0.1, 0.15) is 5.82 Å². The zero-order valence-corrected chi connectivity index (χ0v) is 14.2. The first kappa shape index (κ1) is 18.2. The van der Waals surface area contributed by atoms with Gasteiger partial charge in [-0.1, -0.05) is 35.3 Å². The molecule has 1 atom stereocenters. The lowest BCUT2D eigenvalue weighted by atomic mass is 10.2. The molecule has 2 aromatic rings. The molecule has 0 spiro atoms. The fourth-order valence-corrected chi connectivity index (χ4v) is 2.23. The van der Waals surface area contributed by atoms with Crippen LogP contribution in [0.15, 0.2) is 42.5 Å². The van der Waals surface area contributed by atoms with Crippen molar-refractivity contribution >= 4 is 35.1 Å². The summed E-state index contributed by atoms with van der Waals surface area (Å²) >= 11 is 11.7. The molecule has 2 aromatic carbocycles. The van der Waals surface area contributed by atoms with E-state index in [0.29, 0.717) is 5.02 Å². The van der Waals surface area contributed by atoms with Crippen molar-refractivity contribution in [3.63, 3.8) is 0 Å². The van der Waals surface area contributed by atoms with Gasteiger partial charge in [0.2, 0.25) is 0 Å². The van der Waals surface area contributed by atoms with E-state index in [4.69, 9.17) is 27.9 Å². The lowest BCUT2D eigenvalue weighted by Gasteiger charge is -2.14. The summed E-state index contributed by atoms with van der Waals surface area (Å²) in [6.45, 7) is 1.63. The molecule has 0 saturated carbocycles. The largest absolute Gasteiger partial charge is 0.449 e. The van der Waals surface area contributed by atoms with Gasteiger partial charge in [0.05, 0.1) is 10.6 Å². The summed E-state index contributed by atoms with van der Waals surface area (Å²) in [6.07, 6.45) is -1.02. The van der Waals surface area contributed by atoms with Gasteiger partial charge in [0.25, 0.3) is 5.91 Å². The van der Waals surface area contributed by atoms with Crippen LogP contribution >= 0.6 is 23.2 Å². The van der Waals surface area contributed by atoms with Gasteiger partial charge in [-0.15, -0.1) is 0 Å². The summed E-state index contributed by atoms with van der Waals surface area (Å²) in [7, 11) is 0. The van der Waals surface area contributed by atoms with Crippen molar-refractivity contribution in [3.05, 3.63) is 69.5 Å². The second kappa shape index (κ2) is 8.13. The SMILES string of the molecule is CC(OC(=O)c1cc(Cl)ccc1Cl)C(=O)NCc1ccc(F)cc1. The molecule has 1 amide bonds. The van der Waals surface area contributed by atoms with Crippen LogP contribution in [0.3, 0.4) is 0 Å². The summed E-state index contributed by atoms with van der Waals surface area (Å²) in [4.78, 5) is 24.0.